The Labute approximate surface area is 98.2 Å². The smallest absolute Gasteiger partial charge is 0.387 e. The maximum absolute atomic E-state index is 12.1. The van der Waals surface area contributed by atoms with E-state index in [0.29, 0.717) is 5.75 Å². The first kappa shape index (κ1) is 13.3. The zero-order chi connectivity index (χ0) is 12.0. The second kappa shape index (κ2) is 6.70. The lowest BCUT2D eigenvalue weighted by Gasteiger charge is -2.10. The first-order chi connectivity index (χ1) is 7.59. The van der Waals surface area contributed by atoms with Crippen LogP contribution in [0.25, 0.3) is 0 Å². The first-order valence-corrected chi connectivity index (χ1v) is 6.11. The highest BCUT2D eigenvalue weighted by molar-refractivity contribution is 7.98. The molecule has 0 amide bonds. The van der Waals surface area contributed by atoms with Crippen molar-refractivity contribution in [3.63, 3.8) is 0 Å². The van der Waals surface area contributed by atoms with E-state index in [1.165, 1.54) is 0 Å². The van der Waals surface area contributed by atoms with Crippen molar-refractivity contribution in [3.05, 3.63) is 29.8 Å². The standard InChI is InChI=1S/C11H15F2NOS/c1-8(14)6-16-7-9-4-2-3-5-10(9)15-11(12)13/h2-5,8,11H,6-7,14H2,1H3. The molecule has 2 nitrogen and oxygen atoms in total. The summed E-state index contributed by atoms with van der Waals surface area (Å²) in [6.07, 6.45) is 0. The van der Waals surface area contributed by atoms with Crippen LogP contribution in [0.5, 0.6) is 5.75 Å². The monoisotopic (exact) mass is 247 g/mol. The van der Waals surface area contributed by atoms with Crippen LogP contribution < -0.4 is 10.5 Å². The predicted molar refractivity (Wildman–Crippen MR) is 62.9 cm³/mol. The molecule has 1 aromatic rings. The molecule has 2 N–H and O–H groups in total. The Morgan fingerprint density at radius 3 is 2.69 bits per heavy atom. The van der Waals surface area contributed by atoms with E-state index in [4.69, 9.17) is 5.73 Å². The Hall–Kier alpha value is -0.810. The summed E-state index contributed by atoms with van der Waals surface area (Å²) in [4.78, 5) is 0. The minimum absolute atomic E-state index is 0.105. The van der Waals surface area contributed by atoms with Gasteiger partial charge in [0.15, 0.2) is 0 Å². The number of thioether (sulfide) groups is 1. The van der Waals surface area contributed by atoms with Crippen LogP contribution in [0.2, 0.25) is 0 Å². The van der Waals surface area contributed by atoms with Crippen LogP contribution >= 0.6 is 11.8 Å². The van der Waals surface area contributed by atoms with Crippen molar-refractivity contribution in [1.29, 1.82) is 0 Å². The number of hydrogen-bond acceptors (Lipinski definition) is 3. The van der Waals surface area contributed by atoms with E-state index in [2.05, 4.69) is 4.74 Å². The highest BCUT2D eigenvalue weighted by atomic mass is 32.2. The Morgan fingerprint density at radius 1 is 1.38 bits per heavy atom. The Balaban J connectivity index is 2.56. The van der Waals surface area contributed by atoms with E-state index in [-0.39, 0.29) is 11.8 Å². The minimum atomic E-state index is -2.78. The fourth-order valence-corrected chi connectivity index (χ4v) is 2.14. The summed E-state index contributed by atoms with van der Waals surface area (Å²) < 4.78 is 28.6. The Bertz CT molecular complexity index is 321. The number of benzene rings is 1. The number of halogens is 2. The van der Waals surface area contributed by atoms with Crippen molar-refractivity contribution in [1.82, 2.24) is 0 Å². The number of para-hydroxylation sites is 1. The van der Waals surface area contributed by atoms with Gasteiger partial charge in [-0.3, -0.25) is 0 Å². The highest BCUT2D eigenvalue weighted by Crippen LogP contribution is 2.24. The van der Waals surface area contributed by atoms with Gasteiger partial charge in [0.2, 0.25) is 0 Å². The number of ether oxygens (including phenoxy) is 1. The van der Waals surface area contributed by atoms with Crippen LogP contribution in [-0.4, -0.2) is 18.4 Å². The molecule has 0 fully saturated rings. The molecule has 90 valence electrons. The average Bonchev–Trinajstić information content (AvgIpc) is 2.19. The molecule has 0 aliphatic carbocycles. The van der Waals surface area contributed by atoms with Gasteiger partial charge in [0, 0.05) is 23.1 Å². The van der Waals surface area contributed by atoms with Crippen LogP contribution in [0, 0.1) is 0 Å². The normalized spacial score (nSPS) is 12.8. The van der Waals surface area contributed by atoms with Crippen molar-refractivity contribution in [2.45, 2.75) is 25.3 Å². The van der Waals surface area contributed by atoms with E-state index in [1.807, 2.05) is 6.92 Å². The second-order valence-electron chi connectivity index (χ2n) is 3.48. The fourth-order valence-electron chi connectivity index (χ4n) is 1.19. The SMILES string of the molecule is CC(N)CSCc1ccccc1OC(F)F. The lowest BCUT2D eigenvalue weighted by Crippen LogP contribution is -2.17. The summed E-state index contributed by atoms with van der Waals surface area (Å²) >= 11 is 1.61. The van der Waals surface area contributed by atoms with Crippen LogP contribution in [0.15, 0.2) is 24.3 Å². The minimum Gasteiger partial charge on any atom is -0.435 e. The molecule has 0 aliphatic rings. The molecule has 0 saturated heterocycles. The highest BCUT2D eigenvalue weighted by Gasteiger charge is 2.08. The molecule has 16 heavy (non-hydrogen) atoms. The molecule has 0 aromatic heterocycles. The van der Waals surface area contributed by atoms with Gasteiger partial charge < -0.3 is 10.5 Å². The summed E-state index contributed by atoms with van der Waals surface area (Å²) in [5, 5.41) is 0. The van der Waals surface area contributed by atoms with E-state index in [0.717, 1.165) is 11.3 Å². The van der Waals surface area contributed by atoms with Gasteiger partial charge in [-0.05, 0) is 13.0 Å². The van der Waals surface area contributed by atoms with Gasteiger partial charge >= 0.3 is 6.61 Å². The van der Waals surface area contributed by atoms with Crippen molar-refractivity contribution in [2.75, 3.05) is 5.75 Å². The number of rotatable bonds is 6. The van der Waals surface area contributed by atoms with Gasteiger partial charge in [0.25, 0.3) is 0 Å². The quantitative estimate of drug-likeness (QED) is 0.839. The third-order valence-electron chi connectivity index (χ3n) is 1.83. The van der Waals surface area contributed by atoms with E-state index in [1.54, 1.807) is 36.0 Å². The Kier molecular flexibility index (Phi) is 5.55. The van der Waals surface area contributed by atoms with Gasteiger partial charge in [-0.25, -0.2) is 0 Å². The van der Waals surface area contributed by atoms with Crippen LogP contribution in [-0.2, 0) is 5.75 Å². The number of nitrogens with two attached hydrogens (primary N) is 1. The number of hydrogen-bond donors (Lipinski definition) is 1. The first-order valence-electron chi connectivity index (χ1n) is 4.95. The lowest BCUT2D eigenvalue weighted by molar-refractivity contribution is -0.0503. The van der Waals surface area contributed by atoms with Crippen LogP contribution in [0.3, 0.4) is 0 Å². The molecule has 1 atom stereocenters. The van der Waals surface area contributed by atoms with E-state index < -0.39 is 6.61 Å². The van der Waals surface area contributed by atoms with Crippen molar-refractivity contribution in [2.24, 2.45) is 5.73 Å². The molecule has 0 heterocycles. The molecule has 0 bridgehead atoms. The molecule has 0 aliphatic heterocycles. The molecular weight excluding hydrogens is 232 g/mol. The predicted octanol–water partition coefficient (Wildman–Crippen LogP) is 2.87. The van der Waals surface area contributed by atoms with Crippen molar-refractivity contribution in [3.8, 4) is 5.75 Å². The van der Waals surface area contributed by atoms with E-state index in [9.17, 15) is 8.78 Å². The molecular formula is C11H15F2NOS. The van der Waals surface area contributed by atoms with Gasteiger partial charge in [-0.1, -0.05) is 18.2 Å². The maximum Gasteiger partial charge on any atom is 0.387 e. The summed E-state index contributed by atoms with van der Waals surface area (Å²) in [6, 6.07) is 6.92. The fraction of sp³-hybridized carbons (Fsp3) is 0.455. The van der Waals surface area contributed by atoms with Crippen molar-refractivity contribution < 1.29 is 13.5 Å². The molecule has 0 spiro atoms. The zero-order valence-corrected chi connectivity index (χ0v) is 9.84. The van der Waals surface area contributed by atoms with Gasteiger partial charge in [-0.2, -0.15) is 20.5 Å². The molecule has 1 aromatic carbocycles. The van der Waals surface area contributed by atoms with Gasteiger partial charge in [0.05, 0.1) is 0 Å². The lowest BCUT2D eigenvalue weighted by atomic mass is 10.2. The third kappa shape index (κ3) is 4.81. The zero-order valence-electron chi connectivity index (χ0n) is 9.03. The molecule has 1 unspecified atom stereocenters. The summed E-state index contributed by atoms with van der Waals surface area (Å²) in [5.41, 5.74) is 6.37. The summed E-state index contributed by atoms with van der Waals surface area (Å²) in [5.74, 6) is 1.67. The van der Waals surface area contributed by atoms with Crippen LogP contribution in [0.4, 0.5) is 8.78 Å². The van der Waals surface area contributed by atoms with Crippen molar-refractivity contribution >= 4 is 11.8 Å². The Morgan fingerprint density at radius 2 is 2.06 bits per heavy atom. The van der Waals surface area contributed by atoms with E-state index >= 15 is 0 Å². The molecule has 5 heteroatoms. The second-order valence-corrected chi connectivity index (χ2v) is 4.51. The van der Waals surface area contributed by atoms with Gasteiger partial charge in [0.1, 0.15) is 5.75 Å². The molecule has 0 saturated carbocycles. The molecule has 1 rings (SSSR count). The number of alkyl halides is 2. The third-order valence-corrected chi connectivity index (χ3v) is 3.10. The van der Waals surface area contributed by atoms with Crippen LogP contribution in [0.1, 0.15) is 12.5 Å². The topological polar surface area (TPSA) is 35.2 Å². The molecule has 0 radical (unpaired) electrons. The summed E-state index contributed by atoms with van der Waals surface area (Å²) in [6.45, 7) is -0.867. The van der Waals surface area contributed by atoms with Gasteiger partial charge in [-0.15, -0.1) is 0 Å². The average molecular weight is 247 g/mol. The largest absolute Gasteiger partial charge is 0.435 e. The maximum atomic E-state index is 12.1. The summed E-state index contributed by atoms with van der Waals surface area (Å²) in [7, 11) is 0.